The van der Waals surface area contributed by atoms with Gasteiger partial charge in [0.15, 0.2) is 0 Å². The molecule has 49 heavy (non-hydrogen) atoms. The molecule has 4 aromatic rings. The Balaban J connectivity index is 0.000000266. The SMILES string of the molecule is CC(C)N(C(C)C)P(=O)(NCc1ccccc1)NCc1ccccc1.CC(C)N([P+](=O)O)C(C)(CCc1ccccc1)Cc1ccccc1. The zero-order chi connectivity index (χ0) is 35.9. The van der Waals surface area contributed by atoms with E-state index in [0.29, 0.717) is 13.1 Å². The van der Waals surface area contributed by atoms with Crippen molar-refractivity contribution in [3.63, 3.8) is 0 Å². The largest absolute Gasteiger partial charge is 0.613 e. The molecule has 3 N–H and O–H groups in total. The molecule has 2 atom stereocenters. The zero-order valence-corrected chi connectivity index (χ0v) is 32.2. The maximum Gasteiger partial charge on any atom is 0.613 e. The molecule has 0 saturated heterocycles. The number of aryl methyl sites for hydroxylation is 1. The molecule has 7 nitrogen and oxygen atoms in total. The van der Waals surface area contributed by atoms with Crippen LogP contribution >= 0.6 is 15.8 Å². The topological polar surface area (TPSA) is 84.9 Å². The molecule has 0 fully saturated rings. The lowest BCUT2D eigenvalue weighted by atomic mass is 9.86. The quantitative estimate of drug-likeness (QED) is 0.0945. The fourth-order valence-electron chi connectivity index (χ4n) is 6.46. The van der Waals surface area contributed by atoms with E-state index < -0.39 is 15.8 Å². The van der Waals surface area contributed by atoms with Gasteiger partial charge < -0.3 is 0 Å². The van der Waals surface area contributed by atoms with Gasteiger partial charge in [-0.2, -0.15) is 0 Å². The van der Waals surface area contributed by atoms with E-state index in [0.717, 1.165) is 30.4 Å². The van der Waals surface area contributed by atoms with Crippen molar-refractivity contribution in [1.29, 1.82) is 0 Å². The number of hydrogen-bond acceptors (Lipinski definition) is 2. The Bertz CT molecular complexity index is 1500. The summed E-state index contributed by atoms with van der Waals surface area (Å²) in [6.45, 7) is 15.5. The molecule has 0 spiro atoms. The summed E-state index contributed by atoms with van der Waals surface area (Å²) in [4.78, 5) is 9.93. The van der Waals surface area contributed by atoms with Gasteiger partial charge in [-0.15, -0.1) is 4.89 Å². The van der Waals surface area contributed by atoms with Crippen molar-refractivity contribution in [2.45, 2.75) is 104 Å². The molecule has 0 radical (unpaired) electrons. The lowest BCUT2D eigenvalue weighted by Crippen LogP contribution is -2.47. The van der Waals surface area contributed by atoms with Gasteiger partial charge in [0.1, 0.15) is 0 Å². The third-order valence-electron chi connectivity index (χ3n) is 8.51. The minimum absolute atomic E-state index is 0.00287. The molecule has 4 aromatic carbocycles. The first kappa shape index (κ1) is 40.4. The zero-order valence-electron chi connectivity index (χ0n) is 30.4. The van der Waals surface area contributed by atoms with Crippen LogP contribution in [0.1, 0.15) is 77.1 Å². The van der Waals surface area contributed by atoms with Gasteiger partial charge in [0, 0.05) is 25.2 Å². The van der Waals surface area contributed by atoms with Crippen molar-refractivity contribution in [2.24, 2.45) is 0 Å². The van der Waals surface area contributed by atoms with Crippen molar-refractivity contribution >= 4 is 15.8 Å². The summed E-state index contributed by atoms with van der Waals surface area (Å²) in [5, 5.41) is 6.63. The predicted molar refractivity (Wildman–Crippen MR) is 206 cm³/mol. The van der Waals surface area contributed by atoms with E-state index in [2.05, 4.69) is 73.7 Å². The third kappa shape index (κ3) is 13.0. The van der Waals surface area contributed by atoms with Crippen LogP contribution in [0, 0.1) is 0 Å². The maximum absolute atomic E-state index is 13.8. The fourth-order valence-corrected chi connectivity index (χ4v) is 9.97. The smallest absolute Gasteiger partial charge is 0.271 e. The van der Waals surface area contributed by atoms with E-state index >= 15 is 0 Å². The number of rotatable bonds is 17. The predicted octanol–water partition coefficient (Wildman–Crippen LogP) is 9.77. The molecule has 0 aliphatic rings. The minimum Gasteiger partial charge on any atom is -0.271 e. The van der Waals surface area contributed by atoms with Crippen LogP contribution in [0.4, 0.5) is 0 Å². The van der Waals surface area contributed by atoms with Crippen LogP contribution in [0.5, 0.6) is 0 Å². The molecule has 0 saturated carbocycles. The first-order valence-electron chi connectivity index (χ1n) is 17.3. The molecule has 0 amide bonds. The molecule has 4 rings (SSSR count). The Hall–Kier alpha value is -2.99. The van der Waals surface area contributed by atoms with Crippen LogP contribution in [0.2, 0.25) is 0 Å². The van der Waals surface area contributed by atoms with E-state index in [1.165, 1.54) is 11.1 Å². The highest BCUT2D eigenvalue weighted by molar-refractivity contribution is 7.57. The van der Waals surface area contributed by atoms with Gasteiger partial charge in [0.05, 0.1) is 11.6 Å². The van der Waals surface area contributed by atoms with Gasteiger partial charge in [-0.25, -0.2) is 14.8 Å². The van der Waals surface area contributed by atoms with Gasteiger partial charge in [-0.3, -0.25) is 4.57 Å². The van der Waals surface area contributed by atoms with Gasteiger partial charge in [0.2, 0.25) is 0 Å². The van der Waals surface area contributed by atoms with Crippen LogP contribution in [-0.4, -0.2) is 37.9 Å². The molecule has 0 aromatic heterocycles. The van der Waals surface area contributed by atoms with Crippen LogP contribution in [0.15, 0.2) is 121 Å². The van der Waals surface area contributed by atoms with Crippen molar-refractivity contribution in [1.82, 2.24) is 19.5 Å². The summed E-state index contributed by atoms with van der Waals surface area (Å²) < 4.78 is 29.7. The molecule has 264 valence electrons. The Morgan fingerprint density at radius 3 is 1.35 bits per heavy atom. The van der Waals surface area contributed by atoms with E-state index in [9.17, 15) is 14.0 Å². The summed E-state index contributed by atoms with van der Waals surface area (Å²) in [6, 6.07) is 41.0. The highest BCUT2D eigenvalue weighted by Crippen LogP contribution is 2.45. The van der Waals surface area contributed by atoms with Crippen molar-refractivity contribution in [3.8, 4) is 0 Å². The monoisotopic (exact) mass is 703 g/mol. The standard InChI is InChI=1S/C20H30N3OP.C20H26NO2P/c1-17(2)23(18(3)4)25(24,21-15-19-11-7-5-8-12-19)22-16-20-13-9-6-10-14-20;1-17(2)21(24(22)23)20(3,16-19-12-8-5-9-13-19)15-14-18-10-6-4-7-11-18/h5-14,17-18H,15-16H2,1-4H3,(H2,21,22,24);4-13,17H,14-16H2,1-3H3/p+1. The lowest BCUT2D eigenvalue weighted by molar-refractivity contribution is 0.147. The first-order chi connectivity index (χ1) is 23.3. The fraction of sp³-hybridized carbons (Fsp3) is 0.400. The first-order valence-corrected chi connectivity index (χ1v) is 20.2. The Kier molecular flexibility index (Phi) is 16.5. The second kappa shape index (κ2) is 20.0. The van der Waals surface area contributed by atoms with Crippen molar-refractivity contribution < 1.29 is 14.0 Å². The van der Waals surface area contributed by atoms with Crippen LogP contribution in [0.25, 0.3) is 0 Å². The number of nitrogens with one attached hydrogen (secondary N) is 2. The molecular weight excluding hydrogens is 646 g/mol. The van der Waals surface area contributed by atoms with Gasteiger partial charge in [-0.1, -0.05) is 126 Å². The lowest BCUT2D eigenvalue weighted by Gasteiger charge is -2.38. The number of hydrogen-bond donors (Lipinski definition) is 3. The molecule has 2 unspecified atom stereocenters. The average molecular weight is 704 g/mol. The van der Waals surface area contributed by atoms with Crippen LogP contribution < -0.4 is 10.2 Å². The molecule has 0 heterocycles. The summed E-state index contributed by atoms with van der Waals surface area (Å²) in [5.41, 5.74) is 4.31. The number of nitrogens with zero attached hydrogens (tertiary/aromatic N) is 2. The van der Waals surface area contributed by atoms with Gasteiger partial charge >= 0.3 is 8.18 Å². The Morgan fingerprint density at radius 1 is 0.633 bits per heavy atom. The maximum atomic E-state index is 13.8. The molecular formula is C40H57N4O3P2+. The Morgan fingerprint density at radius 2 is 1.00 bits per heavy atom. The summed E-state index contributed by atoms with van der Waals surface area (Å²) in [6.07, 6.45) is 2.46. The van der Waals surface area contributed by atoms with Crippen molar-refractivity contribution in [2.75, 3.05) is 0 Å². The molecule has 0 bridgehead atoms. The van der Waals surface area contributed by atoms with E-state index in [4.69, 9.17) is 0 Å². The minimum atomic E-state index is -2.94. The molecule has 9 heteroatoms. The van der Waals surface area contributed by atoms with E-state index in [-0.39, 0.29) is 23.7 Å². The highest BCUT2D eigenvalue weighted by Gasteiger charge is 2.45. The van der Waals surface area contributed by atoms with Gasteiger partial charge in [0.25, 0.3) is 7.59 Å². The van der Waals surface area contributed by atoms with Crippen LogP contribution in [0.3, 0.4) is 0 Å². The van der Waals surface area contributed by atoms with Crippen LogP contribution in [-0.2, 0) is 35.1 Å². The highest BCUT2D eigenvalue weighted by atomic mass is 31.2. The second-order valence-electron chi connectivity index (χ2n) is 13.6. The summed E-state index contributed by atoms with van der Waals surface area (Å²) >= 11 is 0. The normalized spacial score (nSPS) is 13.4. The summed E-state index contributed by atoms with van der Waals surface area (Å²) in [5.74, 6) is 0. The third-order valence-corrected chi connectivity index (χ3v) is 12.6. The van der Waals surface area contributed by atoms with Crippen molar-refractivity contribution in [3.05, 3.63) is 144 Å². The van der Waals surface area contributed by atoms with E-state index in [1.807, 2.05) is 111 Å². The van der Waals surface area contributed by atoms with E-state index in [1.54, 1.807) is 4.67 Å². The Labute approximate surface area is 296 Å². The summed E-state index contributed by atoms with van der Waals surface area (Å²) in [7, 11) is -5.32. The van der Waals surface area contributed by atoms with Gasteiger partial charge in [-0.05, 0) is 94.5 Å². The second-order valence-corrected chi connectivity index (χ2v) is 16.8. The number of benzene rings is 4. The average Bonchev–Trinajstić information content (AvgIpc) is 3.07. The molecule has 0 aliphatic heterocycles. The molecule has 0 aliphatic carbocycles.